The molecule has 2 heterocycles. The first-order valence-corrected chi connectivity index (χ1v) is 6.63. The molecule has 1 aliphatic rings. The summed E-state index contributed by atoms with van der Waals surface area (Å²) < 4.78 is 3.19. The SMILES string of the molecule is Brc1ccccc1-c1cnn(C2CCNC2)c1. The van der Waals surface area contributed by atoms with E-state index in [1.807, 2.05) is 12.3 Å². The summed E-state index contributed by atoms with van der Waals surface area (Å²) in [6, 6.07) is 8.75. The van der Waals surface area contributed by atoms with E-state index in [0.29, 0.717) is 6.04 Å². The number of aromatic nitrogens is 2. The topological polar surface area (TPSA) is 29.9 Å². The smallest absolute Gasteiger partial charge is 0.0655 e. The van der Waals surface area contributed by atoms with Gasteiger partial charge in [-0.05, 0) is 24.6 Å². The largest absolute Gasteiger partial charge is 0.315 e. The monoisotopic (exact) mass is 291 g/mol. The van der Waals surface area contributed by atoms with Gasteiger partial charge in [-0.2, -0.15) is 5.10 Å². The van der Waals surface area contributed by atoms with Crippen molar-refractivity contribution in [3.63, 3.8) is 0 Å². The molecule has 1 unspecified atom stereocenters. The summed E-state index contributed by atoms with van der Waals surface area (Å²) in [5, 5.41) is 7.83. The average molecular weight is 292 g/mol. The molecule has 0 aliphatic carbocycles. The van der Waals surface area contributed by atoms with Crippen molar-refractivity contribution in [1.29, 1.82) is 0 Å². The maximum Gasteiger partial charge on any atom is 0.0655 e. The minimum Gasteiger partial charge on any atom is -0.315 e. The van der Waals surface area contributed by atoms with Gasteiger partial charge in [0.15, 0.2) is 0 Å². The highest BCUT2D eigenvalue weighted by atomic mass is 79.9. The van der Waals surface area contributed by atoms with E-state index in [1.54, 1.807) is 0 Å². The van der Waals surface area contributed by atoms with Crippen molar-refractivity contribution in [3.8, 4) is 11.1 Å². The number of hydrogen-bond acceptors (Lipinski definition) is 2. The fourth-order valence-corrected chi connectivity index (χ4v) is 2.75. The highest BCUT2D eigenvalue weighted by Gasteiger charge is 2.17. The Balaban J connectivity index is 1.92. The predicted molar refractivity (Wildman–Crippen MR) is 71.9 cm³/mol. The molecular formula is C13H14BrN3. The summed E-state index contributed by atoms with van der Waals surface area (Å²) in [4.78, 5) is 0. The molecule has 2 aromatic rings. The fraction of sp³-hybridized carbons (Fsp3) is 0.308. The maximum atomic E-state index is 4.47. The van der Waals surface area contributed by atoms with Crippen molar-refractivity contribution in [1.82, 2.24) is 15.1 Å². The molecule has 0 bridgehead atoms. The van der Waals surface area contributed by atoms with Gasteiger partial charge >= 0.3 is 0 Å². The van der Waals surface area contributed by atoms with Gasteiger partial charge in [0.05, 0.1) is 12.2 Å². The van der Waals surface area contributed by atoms with Gasteiger partial charge < -0.3 is 5.32 Å². The standard InChI is InChI=1S/C13H14BrN3/c14-13-4-2-1-3-12(13)10-7-16-17(9-10)11-5-6-15-8-11/h1-4,7,9,11,15H,5-6,8H2. The van der Waals surface area contributed by atoms with Crippen LogP contribution in [0.1, 0.15) is 12.5 Å². The second-order valence-electron chi connectivity index (χ2n) is 4.34. The van der Waals surface area contributed by atoms with Crippen molar-refractivity contribution >= 4 is 15.9 Å². The Morgan fingerprint density at radius 2 is 2.24 bits per heavy atom. The first-order valence-electron chi connectivity index (χ1n) is 5.84. The summed E-state index contributed by atoms with van der Waals surface area (Å²) in [5.41, 5.74) is 2.37. The van der Waals surface area contributed by atoms with Crippen molar-refractivity contribution in [2.45, 2.75) is 12.5 Å². The van der Waals surface area contributed by atoms with Crippen molar-refractivity contribution in [2.24, 2.45) is 0 Å². The molecule has 88 valence electrons. The van der Waals surface area contributed by atoms with Crippen molar-refractivity contribution < 1.29 is 0 Å². The van der Waals surface area contributed by atoms with Crippen LogP contribution in [0.4, 0.5) is 0 Å². The lowest BCUT2D eigenvalue weighted by Crippen LogP contribution is -2.13. The summed E-state index contributed by atoms with van der Waals surface area (Å²) in [7, 11) is 0. The van der Waals surface area contributed by atoms with E-state index in [2.05, 4.69) is 55.4 Å². The molecule has 1 fully saturated rings. The first-order chi connectivity index (χ1) is 8.34. The van der Waals surface area contributed by atoms with Crippen LogP contribution in [-0.2, 0) is 0 Å². The maximum absolute atomic E-state index is 4.47. The molecule has 1 aromatic heterocycles. The Hall–Kier alpha value is -1.13. The third-order valence-electron chi connectivity index (χ3n) is 3.19. The van der Waals surface area contributed by atoms with Crippen LogP contribution in [0.5, 0.6) is 0 Å². The second-order valence-corrected chi connectivity index (χ2v) is 5.19. The van der Waals surface area contributed by atoms with Crippen LogP contribution >= 0.6 is 15.9 Å². The van der Waals surface area contributed by atoms with Crippen molar-refractivity contribution in [3.05, 3.63) is 41.1 Å². The molecular weight excluding hydrogens is 278 g/mol. The number of hydrogen-bond donors (Lipinski definition) is 1. The van der Waals surface area contributed by atoms with Gasteiger partial charge in [-0.3, -0.25) is 4.68 Å². The van der Waals surface area contributed by atoms with Gasteiger partial charge in [-0.1, -0.05) is 34.1 Å². The number of benzene rings is 1. The molecule has 1 aromatic carbocycles. The number of halogens is 1. The normalized spacial score (nSPS) is 19.7. The first kappa shape index (κ1) is 11.0. The minimum absolute atomic E-state index is 0.506. The Bertz CT molecular complexity index is 515. The molecule has 3 nitrogen and oxygen atoms in total. The molecule has 0 saturated carbocycles. The molecule has 0 spiro atoms. The van der Waals surface area contributed by atoms with Gasteiger partial charge in [0.2, 0.25) is 0 Å². The molecule has 1 saturated heterocycles. The molecule has 1 aliphatic heterocycles. The third-order valence-corrected chi connectivity index (χ3v) is 3.89. The van der Waals surface area contributed by atoms with E-state index in [1.165, 1.54) is 11.1 Å². The van der Waals surface area contributed by atoms with Gasteiger partial charge in [0.1, 0.15) is 0 Å². The minimum atomic E-state index is 0.506. The zero-order valence-corrected chi connectivity index (χ0v) is 11.0. The number of nitrogens with one attached hydrogen (secondary N) is 1. The van der Waals surface area contributed by atoms with Gasteiger partial charge in [-0.15, -0.1) is 0 Å². The zero-order chi connectivity index (χ0) is 11.7. The van der Waals surface area contributed by atoms with E-state index in [0.717, 1.165) is 24.0 Å². The van der Waals surface area contributed by atoms with E-state index in [4.69, 9.17) is 0 Å². The van der Waals surface area contributed by atoms with Crippen LogP contribution in [-0.4, -0.2) is 22.9 Å². The number of rotatable bonds is 2. The quantitative estimate of drug-likeness (QED) is 0.922. The summed E-state index contributed by atoms with van der Waals surface area (Å²) in [5.74, 6) is 0. The molecule has 0 amide bonds. The molecule has 1 N–H and O–H groups in total. The highest BCUT2D eigenvalue weighted by molar-refractivity contribution is 9.10. The summed E-state index contributed by atoms with van der Waals surface area (Å²) in [6.07, 6.45) is 5.24. The van der Waals surface area contributed by atoms with Crippen LogP contribution < -0.4 is 5.32 Å². The van der Waals surface area contributed by atoms with Crippen molar-refractivity contribution in [2.75, 3.05) is 13.1 Å². The summed E-state index contributed by atoms with van der Waals surface area (Å²) >= 11 is 3.58. The van der Waals surface area contributed by atoms with Crippen LogP contribution in [0.3, 0.4) is 0 Å². The molecule has 0 radical (unpaired) electrons. The molecule has 1 atom stereocenters. The van der Waals surface area contributed by atoms with E-state index in [-0.39, 0.29) is 0 Å². The van der Waals surface area contributed by atoms with Crippen LogP contribution in [0, 0.1) is 0 Å². The van der Waals surface area contributed by atoms with E-state index < -0.39 is 0 Å². The molecule has 3 rings (SSSR count). The Labute approximate surface area is 109 Å². The van der Waals surface area contributed by atoms with Gasteiger partial charge in [0, 0.05) is 22.8 Å². The lowest BCUT2D eigenvalue weighted by atomic mass is 10.1. The van der Waals surface area contributed by atoms with E-state index in [9.17, 15) is 0 Å². The highest BCUT2D eigenvalue weighted by Crippen LogP contribution is 2.28. The Morgan fingerprint density at radius 1 is 1.35 bits per heavy atom. The van der Waals surface area contributed by atoms with Crippen LogP contribution in [0.2, 0.25) is 0 Å². The molecule has 17 heavy (non-hydrogen) atoms. The lowest BCUT2D eigenvalue weighted by Gasteiger charge is -2.07. The Kier molecular flexibility index (Phi) is 2.99. The van der Waals surface area contributed by atoms with E-state index >= 15 is 0 Å². The van der Waals surface area contributed by atoms with Gasteiger partial charge in [-0.25, -0.2) is 0 Å². The summed E-state index contributed by atoms with van der Waals surface area (Å²) in [6.45, 7) is 2.12. The average Bonchev–Trinajstić information content (AvgIpc) is 3.00. The lowest BCUT2D eigenvalue weighted by molar-refractivity contribution is 0.491. The van der Waals surface area contributed by atoms with Crippen LogP contribution in [0.25, 0.3) is 11.1 Å². The third kappa shape index (κ3) is 2.15. The zero-order valence-electron chi connectivity index (χ0n) is 9.44. The predicted octanol–water partition coefficient (Wildman–Crippen LogP) is 2.85. The fourth-order valence-electron chi connectivity index (χ4n) is 2.24. The van der Waals surface area contributed by atoms with Gasteiger partial charge in [0.25, 0.3) is 0 Å². The molecule has 4 heteroatoms. The second kappa shape index (κ2) is 4.63. The Morgan fingerprint density at radius 3 is 3.00 bits per heavy atom. The van der Waals surface area contributed by atoms with Crippen LogP contribution in [0.15, 0.2) is 41.1 Å². The number of nitrogens with zero attached hydrogens (tertiary/aromatic N) is 2.